The van der Waals surface area contributed by atoms with E-state index in [9.17, 15) is 0 Å². The fourth-order valence-corrected chi connectivity index (χ4v) is 2.82. The van der Waals surface area contributed by atoms with E-state index < -0.39 is 0 Å². The molecule has 94 valence electrons. The Balaban J connectivity index is 1.99. The van der Waals surface area contributed by atoms with Crippen molar-refractivity contribution in [3.8, 4) is 0 Å². The second-order valence-electron chi connectivity index (χ2n) is 5.37. The molecule has 0 bridgehead atoms. The Morgan fingerprint density at radius 2 is 1.88 bits per heavy atom. The minimum atomic E-state index is 0.448. The van der Waals surface area contributed by atoms with Gasteiger partial charge in [0, 0.05) is 11.7 Å². The van der Waals surface area contributed by atoms with Crippen LogP contribution in [0, 0.1) is 5.92 Å². The van der Waals surface area contributed by atoms with Crippen LogP contribution in [0.3, 0.4) is 0 Å². The highest BCUT2D eigenvalue weighted by atomic mass is 14.6. The Bertz CT molecular complexity index is 365. The van der Waals surface area contributed by atoms with E-state index >= 15 is 0 Å². The Hall–Kier alpha value is -1.02. The molecule has 0 spiro atoms. The number of hydrogen-bond donors (Lipinski definition) is 2. The van der Waals surface area contributed by atoms with Gasteiger partial charge in [-0.1, -0.05) is 19.1 Å². The minimum absolute atomic E-state index is 0.448. The van der Waals surface area contributed by atoms with Gasteiger partial charge in [0.2, 0.25) is 0 Å². The summed E-state index contributed by atoms with van der Waals surface area (Å²) in [5.41, 5.74) is 15.5. The van der Waals surface area contributed by atoms with E-state index in [2.05, 4.69) is 25.1 Å². The van der Waals surface area contributed by atoms with Crippen LogP contribution in [0.2, 0.25) is 0 Å². The van der Waals surface area contributed by atoms with Crippen LogP contribution in [0.4, 0.5) is 5.69 Å². The molecular weight excluding hydrogens is 208 g/mol. The summed E-state index contributed by atoms with van der Waals surface area (Å²) in [5.74, 6) is 0.822. The van der Waals surface area contributed by atoms with Crippen molar-refractivity contribution in [2.45, 2.75) is 51.5 Å². The summed E-state index contributed by atoms with van der Waals surface area (Å²) in [7, 11) is 0. The highest BCUT2D eigenvalue weighted by molar-refractivity contribution is 5.48. The van der Waals surface area contributed by atoms with Gasteiger partial charge in [0.05, 0.1) is 0 Å². The smallest absolute Gasteiger partial charge is 0.0346 e. The first-order chi connectivity index (χ1) is 8.19. The first-order valence-corrected chi connectivity index (χ1v) is 6.82. The molecule has 0 atom stereocenters. The number of anilines is 1. The molecule has 0 aromatic heterocycles. The third-order valence-electron chi connectivity index (χ3n) is 4.00. The van der Waals surface area contributed by atoms with Gasteiger partial charge in [-0.15, -0.1) is 0 Å². The maximum Gasteiger partial charge on any atom is 0.0346 e. The van der Waals surface area contributed by atoms with E-state index in [0.717, 1.165) is 18.0 Å². The van der Waals surface area contributed by atoms with Gasteiger partial charge in [0.1, 0.15) is 0 Å². The van der Waals surface area contributed by atoms with Gasteiger partial charge in [0.15, 0.2) is 0 Å². The molecule has 2 nitrogen and oxygen atoms in total. The van der Waals surface area contributed by atoms with Crippen LogP contribution in [0.1, 0.15) is 43.7 Å². The summed E-state index contributed by atoms with van der Waals surface area (Å²) in [6.07, 6.45) is 7.18. The number of rotatable bonds is 3. The van der Waals surface area contributed by atoms with Crippen LogP contribution in [0.25, 0.3) is 0 Å². The number of hydrogen-bond acceptors (Lipinski definition) is 2. The van der Waals surface area contributed by atoms with Crippen LogP contribution in [0.15, 0.2) is 18.2 Å². The number of aryl methyl sites for hydroxylation is 1. The Kier molecular flexibility index (Phi) is 4.06. The first kappa shape index (κ1) is 12.4. The second-order valence-corrected chi connectivity index (χ2v) is 5.37. The molecule has 0 heterocycles. The van der Waals surface area contributed by atoms with E-state index in [1.165, 1.54) is 43.2 Å². The molecule has 1 aliphatic rings. The Morgan fingerprint density at radius 1 is 1.18 bits per heavy atom. The Morgan fingerprint density at radius 3 is 2.53 bits per heavy atom. The van der Waals surface area contributed by atoms with Crippen molar-refractivity contribution in [1.29, 1.82) is 0 Å². The van der Waals surface area contributed by atoms with Crippen LogP contribution in [0.5, 0.6) is 0 Å². The van der Waals surface area contributed by atoms with Crippen molar-refractivity contribution in [3.63, 3.8) is 0 Å². The lowest BCUT2D eigenvalue weighted by Gasteiger charge is -2.26. The zero-order valence-electron chi connectivity index (χ0n) is 10.8. The van der Waals surface area contributed by atoms with Gasteiger partial charge in [0.25, 0.3) is 0 Å². The van der Waals surface area contributed by atoms with Crippen molar-refractivity contribution in [1.82, 2.24) is 0 Å². The normalized spacial score (nSPS) is 24.8. The van der Waals surface area contributed by atoms with E-state index in [-0.39, 0.29) is 0 Å². The third-order valence-corrected chi connectivity index (χ3v) is 4.00. The van der Waals surface area contributed by atoms with Gasteiger partial charge in [-0.3, -0.25) is 0 Å². The van der Waals surface area contributed by atoms with Crippen molar-refractivity contribution in [3.05, 3.63) is 29.3 Å². The minimum Gasteiger partial charge on any atom is -0.399 e. The molecule has 1 aromatic rings. The fraction of sp³-hybridized carbons (Fsp3) is 0.600. The molecule has 0 aliphatic heterocycles. The molecule has 4 N–H and O–H groups in total. The van der Waals surface area contributed by atoms with Crippen LogP contribution < -0.4 is 11.5 Å². The van der Waals surface area contributed by atoms with Crippen molar-refractivity contribution >= 4 is 5.69 Å². The molecule has 1 aliphatic carbocycles. The summed E-state index contributed by atoms with van der Waals surface area (Å²) < 4.78 is 0. The number of benzene rings is 1. The molecule has 0 radical (unpaired) electrons. The highest BCUT2D eigenvalue weighted by Crippen LogP contribution is 2.27. The summed E-state index contributed by atoms with van der Waals surface area (Å²) >= 11 is 0. The first-order valence-electron chi connectivity index (χ1n) is 6.82. The molecule has 1 aromatic carbocycles. The quantitative estimate of drug-likeness (QED) is 0.787. The average Bonchev–Trinajstić information content (AvgIpc) is 2.34. The fourth-order valence-electron chi connectivity index (χ4n) is 2.82. The molecule has 1 fully saturated rings. The predicted molar refractivity (Wildman–Crippen MR) is 73.9 cm³/mol. The standard InChI is InChI=1S/C15H24N2/c1-2-13-10-12(5-8-15(13)17)9-11-3-6-14(16)7-4-11/h5,8,10-11,14H,2-4,6-7,9,16-17H2,1H3. The van der Waals surface area contributed by atoms with Gasteiger partial charge in [-0.2, -0.15) is 0 Å². The predicted octanol–water partition coefficient (Wildman–Crippen LogP) is 2.89. The molecule has 2 rings (SSSR count). The topological polar surface area (TPSA) is 52.0 Å². The molecule has 0 unspecified atom stereocenters. The Labute approximate surface area is 104 Å². The average molecular weight is 232 g/mol. The van der Waals surface area contributed by atoms with E-state index in [1.807, 2.05) is 0 Å². The number of nitrogen functional groups attached to an aromatic ring is 1. The molecule has 0 amide bonds. The van der Waals surface area contributed by atoms with Crippen molar-refractivity contribution < 1.29 is 0 Å². The molecule has 1 saturated carbocycles. The van der Waals surface area contributed by atoms with E-state index in [0.29, 0.717) is 6.04 Å². The lowest BCUT2D eigenvalue weighted by atomic mass is 9.82. The van der Waals surface area contributed by atoms with Crippen molar-refractivity contribution in [2.75, 3.05) is 5.73 Å². The number of nitrogens with two attached hydrogens (primary N) is 2. The summed E-state index contributed by atoms with van der Waals surface area (Å²) in [6, 6.07) is 6.97. The zero-order chi connectivity index (χ0) is 12.3. The summed E-state index contributed by atoms with van der Waals surface area (Å²) in [6.45, 7) is 2.16. The lowest BCUT2D eigenvalue weighted by Crippen LogP contribution is -2.27. The molecule has 2 heteroatoms. The van der Waals surface area contributed by atoms with Gasteiger partial charge >= 0.3 is 0 Å². The van der Waals surface area contributed by atoms with Gasteiger partial charge in [-0.25, -0.2) is 0 Å². The monoisotopic (exact) mass is 232 g/mol. The SMILES string of the molecule is CCc1cc(CC2CCC(N)CC2)ccc1N. The summed E-state index contributed by atoms with van der Waals surface area (Å²) in [5, 5.41) is 0. The van der Waals surface area contributed by atoms with Crippen LogP contribution in [-0.2, 0) is 12.8 Å². The largest absolute Gasteiger partial charge is 0.399 e. The van der Waals surface area contributed by atoms with Gasteiger partial charge < -0.3 is 11.5 Å². The van der Waals surface area contributed by atoms with E-state index in [4.69, 9.17) is 11.5 Å². The molecular formula is C15H24N2. The van der Waals surface area contributed by atoms with E-state index in [1.54, 1.807) is 0 Å². The van der Waals surface area contributed by atoms with Crippen LogP contribution >= 0.6 is 0 Å². The summed E-state index contributed by atoms with van der Waals surface area (Å²) in [4.78, 5) is 0. The lowest BCUT2D eigenvalue weighted by molar-refractivity contribution is 0.325. The van der Waals surface area contributed by atoms with Crippen LogP contribution in [-0.4, -0.2) is 6.04 Å². The maximum atomic E-state index is 5.94. The zero-order valence-corrected chi connectivity index (χ0v) is 10.8. The molecule has 17 heavy (non-hydrogen) atoms. The molecule has 0 saturated heterocycles. The van der Waals surface area contributed by atoms with Gasteiger partial charge in [-0.05, 0) is 61.6 Å². The second kappa shape index (κ2) is 5.54. The van der Waals surface area contributed by atoms with Crippen molar-refractivity contribution in [2.24, 2.45) is 11.7 Å². The third kappa shape index (κ3) is 3.22. The highest BCUT2D eigenvalue weighted by Gasteiger charge is 2.18. The maximum absolute atomic E-state index is 5.94.